The molecule has 0 radical (unpaired) electrons. The molecule has 1 saturated carbocycles. The zero-order valence-electron chi connectivity index (χ0n) is 16.3. The van der Waals surface area contributed by atoms with Gasteiger partial charge in [-0.05, 0) is 61.7 Å². The Kier molecular flexibility index (Phi) is 6.48. The van der Waals surface area contributed by atoms with E-state index in [-0.39, 0.29) is 16.1 Å². The van der Waals surface area contributed by atoms with Crippen LogP contribution in [0.15, 0.2) is 24.3 Å². The van der Waals surface area contributed by atoms with Gasteiger partial charge in [0, 0.05) is 10.4 Å². The lowest BCUT2D eigenvalue weighted by Gasteiger charge is -2.22. The lowest BCUT2D eigenvalue weighted by atomic mass is 9.91. The summed E-state index contributed by atoms with van der Waals surface area (Å²) >= 11 is 0.797. The van der Waals surface area contributed by atoms with Crippen molar-refractivity contribution < 1.29 is 49.4 Å². The van der Waals surface area contributed by atoms with E-state index >= 15 is 0 Å². The van der Waals surface area contributed by atoms with E-state index in [9.17, 15) is 39.5 Å². The van der Waals surface area contributed by atoms with Crippen LogP contribution >= 0.6 is 11.5 Å². The molecule has 1 aliphatic carbocycles. The second kappa shape index (κ2) is 8.46. The summed E-state index contributed by atoms with van der Waals surface area (Å²) in [6.07, 6.45) is -9.20. The standard InChI is InChI=1S/C17H14F6N2S.C2HF3O2/c18-9-1-2-10(11(7-9)17(21,22)23)12-8-13(26-25-12)14-15(16(14,19)20)3-5-24-6-4-15;3-2(4,5)1(6)7/h1-2,7-8,14,24H,3-6H2;(H,6,7). The molecule has 182 valence electrons. The van der Waals surface area contributed by atoms with Crippen LogP contribution in [0.2, 0.25) is 0 Å². The highest BCUT2D eigenvalue weighted by atomic mass is 32.1. The third kappa shape index (κ3) is 4.81. The van der Waals surface area contributed by atoms with Crippen LogP contribution in [-0.2, 0) is 11.0 Å². The fourth-order valence-corrected chi connectivity index (χ4v) is 4.98. The van der Waals surface area contributed by atoms with Crippen molar-refractivity contribution in [2.75, 3.05) is 13.1 Å². The Morgan fingerprint density at radius 3 is 2.18 bits per heavy atom. The smallest absolute Gasteiger partial charge is 0.475 e. The number of hydrogen-bond donors (Lipinski definition) is 2. The van der Waals surface area contributed by atoms with Crippen LogP contribution in [0.25, 0.3) is 11.3 Å². The lowest BCUT2D eigenvalue weighted by Crippen LogP contribution is -2.32. The highest BCUT2D eigenvalue weighted by molar-refractivity contribution is 7.06. The SMILES string of the molecule is Fc1ccc(-c2cc(C3C(F)(F)C34CCNCC4)sn2)c(C(F)(F)F)c1.O=C(O)C(F)(F)F. The topological polar surface area (TPSA) is 62.2 Å². The van der Waals surface area contributed by atoms with Gasteiger partial charge in [0.25, 0.3) is 5.92 Å². The quantitative estimate of drug-likeness (QED) is 0.513. The van der Waals surface area contributed by atoms with Crippen LogP contribution in [0.1, 0.15) is 29.2 Å². The minimum atomic E-state index is -5.08. The molecule has 14 heteroatoms. The van der Waals surface area contributed by atoms with E-state index in [2.05, 4.69) is 9.69 Å². The molecular weight excluding hydrogens is 491 g/mol. The summed E-state index contributed by atoms with van der Waals surface area (Å²) in [5.41, 5.74) is -2.64. The lowest BCUT2D eigenvalue weighted by molar-refractivity contribution is -0.192. The molecule has 2 N–H and O–H groups in total. The van der Waals surface area contributed by atoms with Crippen LogP contribution in [-0.4, -0.2) is 40.6 Å². The fraction of sp³-hybridized carbons (Fsp3) is 0.474. The number of hydrogen-bond acceptors (Lipinski definition) is 4. The average Bonchev–Trinajstić information content (AvgIpc) is 3.00. The van der Waals surface area contributed by atoms with E-state index in [1.165, 1.54) is 6.07 Å². The molecule has 1 atom stereocenters. The highest BCUT2D eigenvalue weighted by Gasteiger charge is 2.80. The molecule has 1 spiro atoms. The van der Waals surface area contributed by atoms with Gasteiger partial charge in [0.15, 0.2) is 0 Å². The number of carboxylic acid groups (broad SMARTS) is 1. The second-order valence-corrected chi connectivity index (χ2v) is 8.40. The Bertz CT molecular complexity index is 1030. The molecule has 2 heterocycles. The zero-order chi connectivity index (χ0) is 24.8. The average molecular weight is 506 g/mol. The largest absolute Gasteiger partial charge is 0.490 e. The van der Waals surface area contributed by atoms with Gasteiger partial charge in [0.2, 0.25) is 0 Å². The van der Waals surface area contributed by atoms with Crippen molar-refractivity contribution in [2.45, 2.75) is 37.0 Å². The molecule has 4 rings (SSSR count). The zero-order valence-corrected chi connectivity index (χ0v) is 17.1. The number of aliphatic carboxylic acids is 1. The number of aromatic nitrogens is 1. The van der Waals surface area contributed by atoms with Crippen LogP contribution in [0.4, 0.5) is 39.5 Å². The van der Waals surface area contributed by atoms with Gasteiger partial charge in [0.05, 0.1) is 22.6 Å². The number of halogens is 9. The van der Waals surface area contributed by atoms with E-state index in [0.717, 1.165) is 23.7 Å². The summed E-state index contributed by atoms with van der Waals surface area (Å²) in [5, 5.41) is 10.2. The number of rotatable bonds is 2. The summed E-state index contributed by atoms with van der Waals surface area (Å²) in [6.45, 7) is 0.988. The number of carbonyl (C=O) groups is 1. The summed E-state index contributed by atoms with van der Waals surface area (Å²) in [7, 11) is 0. The monoisotopic (exact) mass is 506 g/mol. The molecule has 0 bridgehead atoms. The Morgan fingerprint density at radius 2 is 1.67 bits per heavy atom. The number of carboxylic acids is 1. The Hall–Kier alpha value is -2.35. The first-order valence-corrected chi connectivity index (χ1v) is 10.1. The van der Waals surface area contributed by atoms with E-state index in [1.807, 2.05) is 0 Å². The molecule has 1 aromatic heterocycles. The fourth-order valence-electron chi connectivity index (χ4n) is 3.98. The first-order valence-electron chi connectivity index (χ1n) is 9.33. The minimum absolute atomic E-state index is 0.0518. The summed E-state index contributed by atoms with van der Waals surface area (Å²) in [4.78, 5) is 9.18. The van der Waals surface area contributed by atoms with Gasteiger partial charge in [-0.3, -0.25) is 0 Å². The Labute approximate surface area is 184 Å². The third-order valence-corrected chi connectivity index (χ3v) is 6.46. The van der Waals surface area contributed by atoms with Crippen LogP contribution in [0.3, 0.4) is 0 Å². The summed E-state index contributed by atoms with van der Waals surface area (Å²) < 4.78 is 117. The van der Waals surface area contributed by atoms with Gasteiger partial charge in [-0.2, -0.15) is 30.7 Å². The third-order valence-electron chi connectivity index (χ3n) is 5.61. The normalized spacial score (nSPS) is 21.3. The molecular formula is C19H15F9N2O2S. The van der Waals surface area contributed by atoms with Gasteiger partial charge in [-0.1, -0.05) is 0 Å². The van der Waals surface area contributed by atoms with Crippen LogP contribution < -0.4 is 5.32 Å². The van der Waals surface area contributed by atoms with Gasteiger partial charge in [-0.25, -0.2) is 18.0 Å². The summed E-state index contributed by atoms with van der Waals surface area (Å²) in [5.74, 6) is -7.67. The number of benzene rings is 1. The maximum atomic E-state index is 14.5. The molecule has 2 aromatic rings. The van der Waals surface area contributed by atoms with E-state index < -0.39 is 47.0 Å². The number of nitrogens with one attached hydrogen (secondary N) is 1. The van der Waals surface area contributed by atoms with E-state index in [4.69, 9.17) is 9.90 Å². The summed E-state index contributed by atoms with van der Waals surface area (Å²) in [6, 6.07) is 3.59. The molecule has 0 amide bonds. The van der Waals surface area contributed by atoms with Crippen molar-refractivity contribution in [3.8, 4) is 11.3 Å². The van der Waals surface area contributed by atoms with Crippen LogP contribution in [0, 0.1) is 11.2 Å². The predicted octanol–water partition coefficient (Wildman–Crippen LogP) is 5.70. The number of nitrogens with zero attached hydrogens (tertiary/aromatic N) is 1. The Balaban J connectivity index is 0.000000383. The van der Waals surface area contributed by atoms with Crippen molar-refractivity contribution in [3.05, 3.63) is 40.5 Å². The molecule has 2 aliphatic rings. The molecule has 1 unspecified atom stereocenters. The van der Waals surface area contributed by atoms with E-state index in [1.54, 1.807) is 0 Å². The van der Waals surface area contributed by atoms with Crippen molar-refractivity contribution >= 4 is 17.5 Å². The Morgan fingerprint density at radius 1 is 1.09 bits per heavy atom. The van der Waals surface area contributed by atoms with Gasteiger partial charge < -0.3 is 10.4 Å². The minimum Gasteiger partial charge on any atom is -0.475 e. The molecule has 1 saturated heterocycles. The first-order chi connectivity index (χ1) is 15.1. The van der Waals surface area contributed by atoms with Crippen molar-refractivity contribution in [1.29, 1.82) is 0 Å². The molecule has 4 nitrogen and oxygen atoms in total. The molecule has 1 aliphatic heterocycles. The number of piperidine rings is 1. The molecule has 2 fully saturated rings. The van der Waals surface area contributed by atoms with Crippen molar-refractivity contribution in [2.24, 2.45) is 5.41 Å². The maximum absolute atomic E-state index is 14.5. The van der Waals surface area contributed by atoms with Gasteiger partial charge in [-0.15, -0.1) is 0 Å². The predicted molar refractivity (Wildman–Crippen MR) is 98.4 cm³/mol. The molecule has 33 heavy (non-hydrogen) atoms. The van der Waals surface area contributed by atoms with Gasteiger partial charge in [0.1, 0.15) is 5.82 Å². The van der Waals surface area contributed by atoms with Crippen molar-refractivity contribution in [3.63, 3.8) is 0 Å². The highest BCUT2D eigenvalue weighted by Crippen LogP contribution is 2.75. The maximum Gasteiger partial charge on any atom is 0.490 e. The van der Waals surface area contributed by atoms with Gasteiger partial charge >= 0.3 is 18.3 Å². The molecule has 1 aromatic carbocycles. The van der Waals surface area contributed by atoms with E-state index in [0.29, 0.717) is 32.0 Å². The number of alkyl halides is 8. The first kappa shape index (κ1) is 25.3. The second-order valence-electron chi connectivity index (χ2n) is 7.57. The van der Waals surface area contributed by atoms with Crippen LogP contribution in [0.5, 0.6) is 0 Å². The van der Waals surface area contributed by atoms with Crippen molar-refractivity contribution in [1.82, 2.24) is 9.69 Å².